The molecule has 19 heavy (non-hydrogen) atoms. The summed E-state index contributed by atoms with van der Waals surface area (Å²) in [7, 11) is 0. The Kier molecular flexibility index (Phi) is 3.93. The van der Waals surface area contributed by atoms with Crippen molar-refractivity contribution in [3.05, 3.63) is 57.8 Å². The average molecular weight is 301 g/mol. The van der Waals surface area contributed by atoms with Crippen molar-refractivity contribution in [3.63, 3.8) is 0 Å². The Morgan fingerprint density at radius 1 is 1.21 bits per heavy atom. The first-order chi connectivity index (χ1) is 8.99. The van der Waals surface area contributed by atoms with Gasteiger partial charge in [-0.25, -0.2) is 9.18 Å². The number of benzene rings is 2. The molecular weight excluding hydrogens is 294 g/mol. The molecule has 0 saturated carbocycles. The fourth-order valence-corrected chi connectivity index (χ4v) is 1.90. The second-order valence-corrected chi connectivity index (χ2v) is 4.44. The van der Waals surface area contributed by atoms with Crippen LogP contribution in [0.15, 0.2) is 36.4 Å². The van der Waals surface area contributed by atoms with Gasteiger partial charge in [-0.1, -0.05) is 29.3 Å². The van der Waals surface area contributed by atoms with Gasteiger partial charge in [0.25, 0.3) is 0 Å². The maximum absolute atomic E-state index is 13.6. The highest BCUT2D eigenvalue weighted by molar-refractivity contribution is 6.35. The number of para-hydroxylation sites is 1. The summed E-state index contributed by atoms with van der Waals surface area (Å²) in [4.78, 5) is 11.0. The van der Waals surface area contributed by atoms with Gasteiger partial charge in [-0.15, -0.1) is 0 Å². The second kappa shape index (κ2) is 5.47. The second-order valence-electron chi connectivity index (χ2n) is 3.60. The number of carboxylic acids is 1. The van der Waals surface area contributed by atoms with Gasteiger partial charge >= 0.3 is 5.97 Å². The number of hydrogen-bond donors (Lipinski definition) is 1. The first kappa shape index (κ1) is 13.6. The first-order valence-corrected chi connectivity index (χ1v) is 5.89. The first-order valence-electron chi connectivity index (χ1n) is 5.13. The molecule has 0 bridgehead atoms. The zero-order valence-electron chi connectivity index (χ0n) is 9.36. The maximum Gasteiger partial charge on any atom is 0.339 e. The monoisotopic (exact) mass is 300 g/mol. The minimum Gasteiger partial charge on any atom is -0.478 e. The number of hydrogen-bond acceptors (Lipinski definition) is 2. The topological polar surface area (TPSA) is 46.5 Å². The quantitative estimate of drug-likeness (QED) is 0.899. The number of carboxylic acid groups (broad SMARTS) is 1. The molecule has 98 valence electrons. The third kappa shape index (κ3) is 2.97. The van der Waals surface area contributed by atoms with E-state index in [9.17, 15) is 9.18 Å². The molecule has 1 N–H and O–H groups in total. The van der Waals surface area contributed by atoms with Crippen LogP contribution < -0.4 is 4.74 Å². The predicted molar refractivity (Wildman–Crippen MR) is 69.9 cm³/mol. The number of halogens is 3. The normalized spacial score (nSPS) is 10.3. The van der Waals surface area contributed by atoms with Gasteiger partial charge in [0, 0.05) is 5.02 Å². The molecule has 2 rings (SSSR count). The predicted octanol–water partition coefficient (Wildman–Crippen LogP) is 4.62. The van der Waals surface area contributed by atoms with E-state index in [1.165, 1.54) is 30.3 Å². The van der Waals surface area contributed by atoms with Gasteiger partial charge in [-0.3, -0.25) is 0 Å². The molecule has 0 aliphatic heterocycles. The molecule has 2 aromatic carbocycles. The molecule has 6 heteroatoms. The zero-order valence-corrected chi connectivity index (χ0v) is 10.9. The molecule has 0 fully saturated rings. The maximum atomic E-state index is 13.6. The highest BCUT2D eigenvalue weighted by Gasteiger charge is 2.17. The lowest BCUT2D eigenvalue weighted by Gasteiger charge is -2.11. The molecule has 3 nitrogen and oxygen atoms in total. The summed E-state index contributed by atoms with van der Waals surface area (Å²) >= 11 is 11.6. The fourth-order valence-electron chi connectivity index (χ4n) is 1.45. The summed E-state index contributed by atoms with van der Waals surface area (Å²) in [5.74, 6) is -2.34. The molecule has 0 aliphatic carbocycles. The van der Waals surface area contributed by atoms with E-state index in [0.29, 0.717) is 5.02 Å². The summed E-state index contributed by atoms with van der Waals surface area (Å²) < 4.78 is 18.9. The van der Waals surface area contributed by atoms with Crippen molar-refractivity contribution in [2.45, 2.75) is 0 Å². The summed E-state index contributed by atoms with van der Waals surface area (Å²) in [6, 6.07) is 7.98. The van der Waals surface area contributed by atoms with Gasteiger partial charge in [-0.2, -0.15) is 0 Å². The Labute approximate surface area is 118 Å². The molecule has 0 heterocycles. The summed E-state index contributed by atoms with van der Waals surface area (Å²) in [5.41, 5.74) is -0.286. The molecule has 0 aromatic heterocycles. The summed E-state index contributed by atoms with van der Waals surface area (Å²) in [6.07, 6.45) is 0. The minimum atomic E-state index is -1.29. The van der Waals surface area contributed by atoms with Gasteiger partial charge < -0.3 is 9.84 Å². The van der Waals surface area contributed by atoms with Crippen LogP contribution in [0.25, 0.3) is 0 Å². The summed E-state index contributed by atoms with van der Waals surface area (Å²) in [5, 5.41) is 9.53. The van der Waals surface area contributed by atoms with E-state index in [1.807, 2.05) is 0 Å². The van der Waals surface area contributed by atoms with E-state index < -0.39 is 11.8 Å². The SMILES string of the molecule is O=C(O)c1cccc(F)c1Oc1ccc(Cl)cc1Cl. The Morgan fingerprint density at radius 3 is 2.58 bits per heavy atom. The number of ether oxygens (including phenoxy) is 1. The molecule has 0 unspecified atom stereocenters. The van der Waals surface area contributed by atoms with Crippen LogP contribution in [0.4, 0.5) is 4.39 Å². The van der Waals surface area contributed by atoms with Crippen molar-refractivity contribution in [1.29, 1.82) is 0 Å². The largest absolute Gasteiger partial charge is 0.478 e. The minimum absolute atomic E-state index is 0.124. The fraction of sp³-hybridized carbons (Fsp3) is 0. The van der Waals surface area contributed by atoms with E-state index in [1.54, 1.807) is 0 Å². The van der Waals surface area contributed by atoms with E-state index in [2.05, 4.69) is 0 Å². The lowest BCUT2D eigenvalue weighted by Crippen LogP contribution is -2.02. The van der Waals surface area contributed by atoms with Crippen LogP contribution in [0, 0.1) is 5.82 Å². The van der Waals surface area contributed by atoms with Crippen LogP contribution in [0.5, 0.6) is 11.5 Å². The van der Waals surface area contributed by atoms with Crippen LogP contribution in [0.1, 0.15) is 10.4 Å². The molecule has 0 saturated heterocycles. The van der Waals surface area contributed by atoms with Crippen LogP contribution >= 0.6 is 23.2 Å². The van der Waals surface area contributed by atoms with E-state index in [0.717, 1.165) is 6.07 Å². The van der Waals surface area contributed by atoms with Crippen molar-refractivity contribution < 1.29 is 19.0 Å². The van der Waals surface area contributed by atoms with Crippen molar-refractivity contribution in [2.75, 3.05) is 0 Å². The van der Waals surface area contributed by atoms with Crippen LogP contribution in [0.2, 0.25) is 10.0 Å². The lowest BCUT2D eigenvalue weighted by atomic mass is 10.2. The Balaban J connectivity index is 2.46. The average Bonchev–Trinajstić information content (AvgIpc) is 2.34. The smallest absolute Gasteiger partial charge is 0.339 e. The standard InChI is InChI=1S/C13H7Cl2FO3/c14-7-4-5-11(9(15)6-7)19-12-8(13(17)18)2-1-3-10(12)16/h1-6H,(H,17,18). The molecular formula is C13H7Cl2FO3. The lowest BCUT2D eigenvalue weighted by molar-refractivity contribution is 0.0693. The van der Waals surface area contributed by atoms with Gasteiger partial charge in [-0.05, 0) is 30.3 Å². The van der Waals surface area contributed by atoms with Crippen LogP contribution in [-0.4, -0.2) is 11.1 Å². The van der Waals surface area contributed by atoms with Gasteiger partial charge in [0.1, 0.15) is 11.3 Å². The third-order valence-electron chi connectivity index (χ3n) is 2.30. The van der Waals surface area contributed by atoms with Gasteiger partial charge in [0.15, 0.2) is 11.6 Å². The van der Waals surface area contributed by atoms with Crippen molar-refractivity contribution >= 4 is 29.2 Å². The highest BCUT2D eigenvalue weighted by Crippen LogP contribution is 2.34. The molecule has 0 spiro atoms. The van der Waals surface area contributed by atoms with Crippen LogP contribution in [-0.2, 0) is 0 Å². The third-order valence-corrected chi connectivity index (χ3v) is 2.83. The Morgan fingerprint density at radius 2 is 1.95 bits per heavy atom. The highest BCUT2D eigenvalue weighted by atomic mass is 35.5. The molecule has 0 radical (unpaired) electrons. The molecule has 0 aliphatic rings. The van der Waals surface area contributed by atoms with E-state index in [4.69, 9.17) is 33.0 Å². The van der Waals surface area contributed by atoms with Gasteiger partial charge in [0.05, 0.1) is 5.02 Å². The summed E-state index contributed by atoms with van der Waals surface area (Å²) in [6.45, 7) is 0. The molecule has 0 amide bonds. The van der Waals surface area contributed by atoms with Crippen molar-refractivity contribution in [1.82, 2.24) is 0 Å². The molecule has 0 atom stereocenters. The Hall–Kier alpha value is -1.78. The van der Waals surface area contributed by atoms with E-state index in [-0.39, 0.29) is 22.1 Å². The van der Waals surface area contributed by atoms with Crippen molar-refractivity contribution in [2.24, 2.45) is 0 Å². The van der Waals surface area contributed by atoms with E-state index >= 15 is 0 Å². The zero-order chi connectivity index (χ0) is 14.0. The van der Waals surface area contributed by atoms with Crippen LogP contribution in [0.3, 0.4) is 0 Å². The number of aromatic carboxylic acids is 1. The number of carbonyl (C=O) groups is 1. The van der Waals surface area contributed by atoms with Crippen molar-refractivity contribution in [3.8, 4) is 11.5 Å². The molecule has 2 aromatic rings. The van der Waals surface area contributed by atoms with Gasteiger partial charge in [0.2, 0.25) is 0 Å². The number of rotatable bonds is 3. The Bertz CT molecular complexity index is 644.